The predicted octanol–water partition coefficient (Wildman–Crippen LogP) is 2.83. The van der Waals surface area contributed by atoms with Crippen molar-refractivity contribution in [1.82, 2.24) is 9.88 Å². The van der Waals surface area contributed by atoms with E-state index in [1.165, 1.54) is 7.11 Å². The minimum Gasteiger partial charge on any atom is -0.469 e. The number of esters is 1. The molecule has 130 valence electrons. The van der Waals surface area contributed by atoms with Crippen molar-refractivity contribution < 1.29 is 14.3 Å². The number of Topliss-reactive ketones (excluding diaryl/α,β-unsaturated/α-hetero) is 1. The van der Waals surface area contributed by atoms with Crippen molar-refractivity contribution in [3.05, 3.63) is 29.6 Å². The number of carbonyl (C=O) groups excluding carboxylic acids is 2. The maximum absolute atomic E-state index is 11.7. The van der Waals surface area contributed by atoms with Crippen molar-refractivity contribution in [2.75, 3.05) is 28.3 Å². The van der Waals surface area contributed by atoms with Crippen molar-refractivity contribution >= 4 is 11.8 Å². The van der Waals surface area contributed by atoms with Gasteiger partial charge in [0.15, 0.2) is 0 Å². The first-order chi connectivity index (χ1) is 10.8. The second-order valence-electron chi connectivity index (χ2n) is 5.77. The van der Waals surface area contributed by atoms with Crippen molar-refractivity contribution in [2.24, 2.45) is 5.92 Å². The first kappa shape index (κ1) is 21.2. The lowest BCUT2D eigenvalue weighted by Gasteiger charge is -2.00. The summed E-state index contributed by atoms with van der Waals surface area (Å²) in [7, 11) is 7.29. The van der Waals surface area contributed by atoms with Gasteiger partial charge in [-0.25, -0.2) is 0 Å². The molecule has 2 atom stereocenters. The van der Waals surface area contributed by atoms with E-state index in [4.69, 9.17) is 0 Å². The number of rotatable bonds is 4. The molecule has 1 aromatic heterocycles. The molecule has 1 saturated carbocycles. The maximum atomic E-state index is 11.7. The second kappa shape index (κ2) is 10.9. The molecule has 1 aromatic rings. The Morgan fingerprint density at radius 3 is 2.26 bits per heavy atom. The van der Waals surface area contributed by atoms with Crippen LogP contribution in [0.2, 0.25) is 0 Å². The highest BCUT2D eigenvalue weighted by Crippen LogP contribution is 2.47. The molecule has 0 amide bonds. The third kappa shape index (κ3) is 8.45. The first-order valence-electron chi connectivity index (χ1n) is 7.98. The van der Waals surface area contributed by atoms with Crippen LogP contribution in [-0.2, 0) is 14.3 Å². The molecule has 0 N–H and O–H groups in total. The number of pyridine rings is 1. The zero-order valence-corrected chi connectivity index (χ0v) is 15.4. The van der Waals surface area contributed by atoms with E-state index in [-0.39, 0.29) is 24.0 Å². The van der Waals surface area contributed by atoms with E-state index in [0.29, 0.717) is 0 Å². The summed E-state index contributed by atoms with van der Waals surface area (Å²) in [4.78, 5) is 29.0. The van der Waals surface area contributed by atoms with Gasteiger partial charge in [-0.05, 0) is 46.1 Å². The molecule has 0 spiro atoms. The molecule has 1 aliphatic rings. The van der Waals surface area contributed by atoms with E-state index in [2.05, 4.69) is 9.72 Å². The van der Waals surface area contributed by atoms with Crippen LogP contribution >= 0.6 is 0 Å². The quantitative estimate of drug-likeness (QED) is 0.630. The van der Waals surface area contributed by atoms with Crippen molar-refractivity contribution in [1.29, 1.82) is 0 Å². The van der Waals surface area contributed by atoms with Crippen molar-refractivity contribution in [3.8, 4) is 0 Å². The Labute approximate surface area is 140 Å². The summed E-state index contributed by atoms with van der Waals surface area (Å²) in [6.45, 7) is 5.98. The van der Waals surface area contributed by atoms with Crippen molar-refractivity contribution in [3.63, 3.8) is 0 Å². The second-order valence-corrected chi connectivity index (χ2v) is 5.77. The molecule has 0 saturated heterocycles. The summed E-state index contributed by atoms with van der Waals surface area (Å²) in [6.07, 6.45) is 2.48. The van der Waals surface area contributed by atoms with Crippen LogP contribution in [-0.4, -0.2) is 49.9 Å². The highest BCUT2D eigenvalue weighted by Gasteiger charge is 2.44. The molecular formula is C18H30N2O3. The standard InChI is InChI=1S/C13H15NO3.C3H9N.C2H6/c1-8-3-4-11(14-7-8)9-5-10(9)12(15)6-13(16)17-2;1-4(2)3;1-2/h3-4,7,9-10H,5-6H2,1-2H3;1-3H3;1-2H3. The number of nitrogens with zero attached hydrogens (tertiary/aromatic N) is 2. The number of methoxy groups -OCH3 is 1. The maximum Gasteiger partial charge on any atom is 0.313 e. The first-order valence-corrected chi connectivity index (χ1v) is 7.98. The van der Waals surface area contributed by atoms with Gasteiger partial charge in [0.1, 0.15) is 12.2 Å². The molecule has 0 bridgehead atoms. The van der Waals surface area contributed by atoms with Gasteiger partial charge in [0.2, 0.25) is 0 Å². The van der Waals surface area contributed by atoms with Crippen LogP contribution in [0.3, 0.4) is 0 Å². The van der Waals surface area contributed by atoms with Crippen LogP contribution in [0, 0.1) is 12.8 Å². The van der Waals surface area contributed by atoms with Crippen LogP contribution < -0.4 is 0 Å². The Morgan fingerprint density at radius 2 is 1.83 bits per heavy atom. The Kier molecular flexibility index (Phi) is 10.1. The largest absolute Gasteiger partial charge is 0.469 e. The van der Waals surface area contributed by atoms with Gasteiger partial charge in [-0.1, -0.05) is 19.9 Å². The van der Waals surface area contributed by atoms with Gasteiger partial charge in [0.05, 0.1) is 7.11 Å². The van der Waals surface area contributed by atoms with Gasteiger partial charge >= 0.3 is 5.97 Å². The van der Waals surface area contributed by atoms with Crippen LogP contribution in [0.15, 0.2) is 18.3 Å². The molecule has 23 heavy (non-hydrogen) atoms. The van der Waals surface area contributed by atoms with E-state index in [0.717, 1.165) is 17.7 Å². The lowest BCUT2D eigenvalue weighted by atomic mass is 10.1. The van der Waals surface area contributed by atoms with E-state index in [1.54, 1.807) is 6.20 Å². The smallest absolute Gasteiger partial charge is 0.313 e. The average molecular weight is 322 g/mol. The molecule has 2 rings (SSSR count). The minimum atomic E-state index is -0.461. The fraction of sp³-hybridized carbons (Fsp3) is 0.611. The molecule has 5 heteroatoms. The average Bonchev–Trinajstić information content (AvgIpc) is 3.30. The van der Waals surface area contributed by atoms with Gasteiger partial charge in [-0.2, -0.15) is 0 Å². The third-order valence-corrected chi connectivity index (χ3v) is 3.06. The number of carbonyl (C=O) groups is 2. The lowest BCUT2D eigenvalue weighted by molar-refractivity contribution is -0.143. The van der Waals surface area contributed by atoms with Gasteiger partial charge in [-0.15, -0.1) is 0 Å². The number of ketones is 1. The lowest BCUT2D eigenvalue weighted by Crippen LogP contribution is -2.11. The van der Waals surface area contributed by atoms with Gasteiger partial charge in [-0.3, -0.25) is 14.6 Å². The molecule has 5 nitrogen and oxygen atoms in total. The predicted molar refractivity (Wildman–Crippen MR) is 92.4 cm³/mol. The highest BCUT2D eigenvalue weighted by molar-refractivity contribution is 5.98. The molecular weight excluding hydrogens is 292 g/mol. The van der Waals surface area contributed by atoms with E-state index < -0.39 is 5.97 Å². The number of aromatic nitrogens is 1. The number of ether oxygens (including phenoxy) is 1. The highest BCUT2D eigenvalue weighted by atomic mass is 16.5. The van der Waals surface area contributed by atoms with E-state index >= 15 is 0 Å². The minimum absolute atomic E-state index is 0.0378. The number of hydrogen-bond donors (Lipinski definition) is 0. The summed E-state index contributed by atoms with van der Waals surface area (Å²) < 4.78 is 4.48. The summed E-state index contributed by atoms with van der Waals surface area (Å²) in [5, 5.41) is 0. The topological polar surface area (TPSA) is 59.5 Å². The molecule has 1 aliphatic carbocycles. The monoisotopic (exact) mass is 322 g/mol. The third-order valence-electron chi connectivity index (χ3n) is 3.06. The fourth-order valence-corrected chi connectivity index (χ4v) is 1.92. The Morgan fingerprint density at radius 1 is 1.26 bits per heavy atom. The molecule has 0 aliphatic heterocycles. The summed E-state index contributed by atoms with van der Waals surface area (Å²) in [6, 6.07) is 3.94. The van der Waals surface area contributed by atoms with Gasteiger partial charge < -0.3 is 9.64 Å². The molecule has 1 fully saturated rings. The Bertz CT molecular complexity index is 481. The molecule has 0 radical (unpaired) electrons. The van der Waals surface area contributed by atoms with Crippen LogP contribution in [0.4, 0.5) is 0 Å². The molecule has 2 unspecified atom stereocenters. The Hall–Kier alpha value is -1.75. The van der Waals surface area contributed by atoms with E-state index in [1.807, 2.05) is 58.9 Å². The zero-order chi connectivity index (χ0) is 18.0. The molecule has 1 heterocycles. The fourth-order valence-electron chi connectivity index (χ4n) is 1.92. The summed E-state index contributed by atoms with van der Waals surface area (Å²) >= 11 is 0. The van der Waals surface area contributed by atoms with Crippen molar-refractivity contribution in [2.45, 2.75) is 39.5 Å². The van der Waals surface area contributed by atoms with Gasteiger partial charge in [0.25, 0.3) is 0 Å². The summed E-state index contributed by atoms with van der Waals surface area (Å²) in [5.41, 5.74) is 2.05. The normalized spacial score (nSPS) is 18.1. The van der Waals surface area contributed by atoms with Crippen LogP contribution in [0.5, 0.6) is 0 Å². The van der Waals surface area contributed by atoms with E-state index in [9.17, 15) is 9.59 Å². The molecule has 0 aromatic carbocycles. The summed E-state index contributed by atoms with van der Waals surface area (Å²) in [5.74, 6) is -0.362. The van der Waals surface area contributed by atoms with Crippen LogP contribution in [0.25, 0.3) is 0 Å². The SMILES string of the molecule is CC.CN(C)C.COC(=O)CC(=O)C1CC1c1ccc(C)cn1. The Balaban J connectivity index is 0.000000705. The zero-order valence-electron chi connectivity index (χ0n) is 15.4. The number of aryl methyl sites for hydroxylation is 1. The van der Waals surface area contributed by atoms with Gasteiger partial charge in [0, 0.05) is 23.7 Å². The number of hydrogen-bond acceptors (Lipinski definition) is 5. The van der Waals surface area contributed by atoms with Crippen LogP contribution in [0.1, 0.15) is 43.9 Å².